The van der Waals surface area contributed by atoms with E-state index in [1.165, 1.54) is 14.0 Å². The number of methoxy groups -OCH3 is 1. The molecule has 2 aliphatic rings. The lowest BCUT2D eigenvalue weighted by atomic mass is 9.99. The minimum Gasteiger partial charge on any atom is -0.388 e. The van der Waals surface area contributed by atoms with Crippen molar-refractivity contribution in [3.63, 3.8) is 0 Å². The molecule has 6 N–H and O–H groups in total. The molecule has 0 spiro atoms. The molecule has 136 valence electrons. The fourth-order valence-corrected chi connectivity index (χ4v) is 2.59. The van der Waals surface area contributed by atoms with Gasteiger partial charge in [-0.25, -0.2) is 0 Å². The Balaban J connectivity index is 1.94. The maximum Gasteiger partial charge on any atom is 0.186 e. The lowest BCUT2D eigenvalue weighted by Gasteiger charge is -2.42. The van der Waals surface area contributed by atoms with Gasteiger partial charge in [-0.1, -0.05) is 0 Å². The molecule has 0 aromatic heterocycles. The molecule has 2 saturated heterocycles. The molecule has 2 rings (SSSR count). The molecule has 0 bridgehead atoms. The molecule has 1 unspecified atom stereocenters. The summed E-state index contributed by atoms with van der Waals surface area (Å²) in [6.07, 6.45) is -12.7. The summed E-state index contributed by atoms with van der Waals surface area (Å²) in [5, 5.41) is 58.4. The van der Waals surface area contributed by atoms with Crippen LogP contribution in [0.3, 0.4) is 0 Å². The molecular formula is C13H24O10. The van der Waals surface area contributed by atoms with Crippen molar-refractivity contribution in [2.24, 2.45) is 0 Å². The van der Waals surface area contributed by atoms with Gasteiger partial charge in [-0.2, -0.15) is 0 Å². The fraction of sp³-hybridized carbons (Fsp3) is 1.00. The Morgan fingerprint density at radius 1 is 0.739 bits per heavy atom. The van der Waals surface area contributed by atoms with E-state index in [9.17, 15) is 30.6 Å². The van der Waals surface area contributed by atoms with E-state index in [4.69, 9.17) is 18.9 Å². The summed E-state index contributed by atoms with van der Waals surface area (Å²) in [6, 6.07) is 0. The van der Waals surface area contributed by atoms with Crippen molar-refractivity contribution in [1.82, 2.24) is 0 Å². The Hall–Kier alpha value is -0.400. The highest BCUT2D eigenvalue weighted by molar-refractivity contribution is 4.90. The predicted molar refractivity (Wildman–Crippen MR) is 72.0 cm³/mol. The molecule has 0 aliphatic carbocycles. The van der Waals surface area contributed by atoms with Crippen LogP contribution >= 0.6 is 0 Å². The maximum absolute atomic E-state index is 9.90. The molecule has 0 aromatic rings. The van der Waals surface area contributed by atoms with Gasteiger partial charge in [0.05, 0.1) is 12.7 Å². The Labute approximate surface area is 132 Å². The second-order valence-electron chi connectivity index (χ2n) is 5.77. The van der Waals surface area contributed by atoms with E-state index in [1.54, 1.807) is 0 Å². The summed E-state index contributed by atoms with van der Waals surface area (Å²) in [4.78, 5) is 0. The molecule has 10 heteroatoms. The van der Waals surface area contributed by atoms with Crippen LogP contribution in [0, 0.1) is 0 Å². The molecule has 2 fully saturated rings. The molecule has 0 radical (unpaired) electrons. The third-order valence-electron chi connectivity index (χ3n) is 4.13. The first kappa shape index (κ1) is 18.9. The summed E-state index contributed by atoms with van der Waals surface area (Å²) >= 11 is 0. The highest BCUT2D eigenvalue weighted by Gasteiger charge is 2.46. The second kappa shape index (κ2) is 7.66. The Kier molecular flexibility index (Phi) is 6.30. The number of hydrogen-bond donors (Lipinski definition) is 6. The highest BCUT2D eigenvalue weighted by atomic mass is 16.7. The second-order valence-corrected chi connectivity index (χ2v) is 5.77. The Bertz CT molecular complexity index is 380. The number of ether oxygens (including phenoxy) is 4. The number of aliphatic hydroxyl groups excluding tert-OH is 6. The van der Waals surface area contributed by atoms with Gasteiger partial charge in [0.1, 0.15) is 42.7 Å². The number of hydrogen-bond acceptors (Lipinski definition) is 10. The van der Waals surface area contributed by atoms with E-state index in [0.29, 0.717) is 0 Å². The van der Waals surface area contributed by atoms with E-state index in [-0.39, 0.29) is 6.61 Å². The van der Waals surface area contributed by atoms with Crippen LogP contribution in [0.15, 0.2) is 0 Å². The van der Waals surface area contributed by atoms with Gasteiger partial charge in [0.25, 0.3) is 0 Å². The van der Waals surface area contributed by atoms with Crippen LogP contribution < -0.4 is 0 Å². The zero-order valence-electron chi connectivity index (χ0n) is 12.8. The van der Waals surface area contributed by atoms with Gasteiger partial charge < -0.3 is 49.6 Å². The quantitative estimate of drug-likeness (QED) is 0.300. The minimum atomic E-state index is -1.49. The van der Waals surface area contributed by atoms with Crippen molar-refractivity contribution < 1.29 is 49.6 Å². The van der Waals surface area contributed by atoms with Gasteiger partial charge in [0.15, 0.2) is 12.6 Å². The van der Waals surface area contributed by atoms with Crippen LogP contribution in [-0.4, -0.2) is 106 Å². The van der Waals surface area contributed by atoms with Gasteiger partial charge in [0.2, 0.25) is 0 Å². The average Bonchev–Trinajstić information content (AvgIpc) is 2.54. The van der Waals surface area contributed by atoms with Crippen LogP contribution in [0.2, 0.25) is 0 Å². The average molecular weight is 340 g/mol. The molecule has 23 heavy (non-hydrogen) atoms. The molecule has 10 nitrogen and oxygen atoms in total. The van der Waals surface area contributed by atoms with Crippen LogP contribution in [0.1, 0.15) is 6.92 Å². The predicted octanol–water partition coefficient (Wildman–Crippen LogP) is -3.72. The van der Waals surface area contributed by atoms with E-state index in [2.05, 4.69) is 0 Å². The van der Waals surface area contributed by atoms with Crippen molar-refractivity contribution in [1.29, 1.82) is 0 Å². The summed E-state index contributed by atoms with van der Waals surface area (Å²) in [7, 11) is 1.27. The Morgan fingerprint density at radius 3 is 1.91 bits per heavy atom. The summed E-state index contributed by atoms with van der Waals surface area (Å²) in [5.41, 5.74) is 0. The third-order valence-corrected chi connectivity index (χ3v) is 4.13. The highest BCUT2D eigenvalue weighted by Crippen LogP contribution is 2.25. The fourth-order valence-electron chi connectivity index (χ4n) is 2.59. The largest absolute Gasteiger partial charge is 0.388 e. The maximum atomic E-state index is 9.90. The molecule has 10 atom stereocenters. The van der Waals surface area contributed by atoms with Crippen LogP contribution in [0.5, 0.6) is 0 Å². The zero-order chi connectivity index (χ0) is 17.3. The summed E-state index contributed by atoms with van der Waals surface area (Å²) in [6.45, 7) is 1.20. The third kappa shape index (κ3) is 3.82. The van der Waals surface area contributed by atoms with Crippen LogP contribution in [0.4, 0.5) is 0 Å². The topological polar surface area (TPSA) is 158 Å². The van der Waals surface area contributed by atoms with Gasteiger partial charge in [-0.05, 0) is 6.92 Å². The lowest BCUT2D eigenvalue weighted by molar-refractivity contribution is -0.325. The van der Waals surface area contributed by atoms with Gasteiger partial charge in [-0.15, -0.1) is 0 Å². The Morgan fingerprint density at radius 2 is 1.30 bits per heavy atom. The molecular weight excluding hydrogens is 316 g/mol. The molecule has 0 saturated carbocycles. The molecule has 2 aliphatic heterocycles. The summed E-state index contributed by atoms with van der Waals surface area (Å²) < 4.78 is 20.7. The SMILES string of the molecule is CO[C@@H]1O[C@H](COC2O[C@H](C)[C@@H](O)[C@H](O)[C@@H]2O)[C@@H](O)[C@H](O)[C@H]1O. The first-order valence-corrected chi connectivity index (χ1v) is 7.31. The van der Waals surface area contributed by atoms with E-state index >= 15 is 0 Å². The molecule has 0 aromatic carbocycles. The van der Waals surface area contributed by atoms with Crippen molar-refractivity contribution in [3.05, 3.63) is 0 Å². The first-order valence-electron chi connectivity index (χ1n) is 7.31. The molecule has 0 amide bonds. The van der Waals surface area contributed by atoms with Crippen molar-refractivity contribution in [3.8, 4) is 0 Å². The van der Waals surface area contributed by atoms with Crippen molar-refractivity contribution >= 4 is 0 Å². The minimum absolute atomic E-state index is 0.304. The standard InChI is InChI=1S/C13H24O10/c1-4-6(14)8(16)11(19)13(22-4)21-3-5-7(15)9(17)10(18)12(20-2)23-5/h4-19H,3H2,1-2H3/t4-,5-,6-,7-,8+,9+,10-,11+,12-,13?/m1/s1. The van der Waals surface area contributed by atoms with Gasteiger partial charge in [-0.3, -0.25) is 0 Å². The number of rotatable bonds is 4. The summed E-state index contributed by atoms with van der Waals surface area (Å²) in [5.74, 6) is 0. The smallest absolute Gasteiger partial charge is 0.186 e. The zero-order valence-corrected chi connectivity index (χ0v) is 12.8. The van der Waals surface area contributed by atoms with E-state index in [1.807, 2.05) is 0 Å². The van der Waals surface area contributed by atoms with E-state index < -0.39 is 61.4 Å². The lowest BCUT2D eigenvalue weighted by Crippen LogP contribution is -2.61. The van der Waals surface area contributed by atoms with Crippen LogP contribution in [0.25, 0.3) is 0 Å². The number of aliphatic hydroxyl groups is 6. The van der Waals surface area contributed by atoms with Crippen molar-refractivity contribution in [2.45, 2.75) is 68.3 Å². The van der Waals surface area contributed by atoms with Gasteiger partial charge >= 0.3 is 0 Å². The first-order chi connectivity index (χ1) is 10.8. The molecule has 2 heterocycles. The van der Waals surface area contributed by atoms with Gasteiger partial charge in [0, 0.05) is 7.11 Å². The van der Waals surface area contributed by atoms with Crippen LogP contribution in [-0.2, 0) is 18.9 Å². The van der Waals surface area contributed by atoms with E-state index in [0.717, 1.165) is 0 Å². The monoisotopic (exact) mass is 340 g/mol. The van der Waals surface area contributed by atoms with Crippen molar-refractivity contribution in [2.75, 3.05) is 13.7 Å². The normalized spacial score (nSPS) is 51.7.